The van der Waals surface area contributed by atoms with E-state index in [0.29, 0.717) is 19.0 Å². The highest BCUT2D eigenvalue weighted by Crippen LogP contribution is 2.12. The minimum Gasteiger partial charge on any atom is -0.460 e. The zero-order chi connectivity index (χ0) is 17.4. The molecule has 2 rings (SSSR count). The number of pyridine rings is 1. The molecule has 1 aliphatic rings. The Kier molecular flexibility index (Phi) is 9.39. The highest BCUT2D eigenvalue weighted by Gasteiger charge is 2.20. The van der Waals surface area contributed by atoms with Gasteiger partial charge in [-0.05, 0) is 70.8 Å². The van der Waals surface area contributed by atoms with Gasteiger partial charge in [-0.15, -0.1) is 12.4 Å². The first-order valence-electron chi connectivity index (χ1n) is 8.99. The van der Waals surface area contributed by atoms with E-state index in [2.05, 4.69) is 27.3 Å². The monoisotopic (exact) mass is 369 g/mol. The van der Waals surface area contributed by atoms with Gasteiger partial charge in [0.1, 0.15) is 5.60 Å². The molecule has 0 aliphatic carbocycles. The zero-order valence-corrected chi connectivity index (χ0v) is 16.5. The van der Waals surface area contributed by atoms with Gasteiger partial charge in [0.15, 0.2) is 0 Å². The zero-order valence-electron chi connectivity index (χ0n) is 15.7. The minimum atomic E-state index is -0.392. The van der Waals surface area contributed by atoms with E-state index in [1.807, 2.05) is 33.2 Å². The Labute approximate surface area is 157 Å². The second kappa shape index (κ2) is 10.7. The molecular weight excluding hydrogens is 338 g/mol. The maximum absolute atomic E-state index is 11.7. The highest BCUT2D eigenvalue weighted by atomic mass is 35.5. The Balaban J connectivity index is 0.00000312. The largest absolute Gasteiger partial charge is 0.460 e. The summed E-state index contributed by atoms with van der Waals surface area (Å²) in [5.41, 5.74) is 0.958. The molecule has 0 amide bonds. The van der Waals surface area contributed by atoms with Crippen molar-refractivity contribution in [2.45, 2.75) is 58.1 Å². The Morgan fingerprint density at radius 2 is 1.92 bits per heavy atom. The maximum Gasteiger partial charge on any atom is 0.307 e. The van der Waals surface area contributed by atoms with Gasteiger partial charge in [0.2, 0.25) is 0 Å². The Morgan fingerprint density at radius 3 is 2.52 bits per heavy atom. The van der Waals surface area contributed by atoms with Gasteiger partial charge in [-0.25, -0.2) is 0 Å². The van der Waals surface area contributed by atoms with E-state index < -0.39 is 5.60 Å². The Morgan fingerprint density at radius 1 is 1.28 bits per heavy atom. The summed E-state index contributed by atoms with van der Waals surface area (Å²) in [6, 6.07) is 4.69. The molecule has 25 heavy (non-hydrogen) atoms. The van der Waals surface area contributed by atoms with Gasteiger partial charge in [-0.3, -0.25) is 9.78 Å². The molecule has 1 saturated heterocycles. The predicted molar refractivity (Wildman–Crippen MR) is 103 cm³/mol. The molecule has 1 aliphatic heterocycles. The topological polar surface area (TPSA) is 54.5 Å². The van der Waals surface area contributed by atoms with Crippen LogP contribution in [0.15, 0.2) is 24.5 Å². The average Bonchev–Trinajstić information content (AvgIpc) is 2.53. The van der Waals surface area contributed by atoms with Crippen LogP contribution in [-0.2, 0) is 16.0 Å². The minimum absolute atomic E-state index is 0. The summed E-state index contributed by atoms with van der Waals surface area (Å²) in [5, 5.41) is 3.50. The third-order valence-electron chi connectivity index (χ3n) is 4.24. The molecule has 0 radical (unpaired) electrons. The number of likely N-dealkylation sites (tertiary alicyclic amines) is 1. The second-order valence-corrected chi connectivity index (χ2v) is 7.51. The predicted octanol–water partition coefficient (Wildman–Crippen LogP) is 2.83. The fourth-order valence-corrected chi connectivity index (χ4v) is 2.97. The number of ether oxygens (including phenoxy) is 1. The number of halogens is 1. The lowest BCUT2D eigenvalue weighted by atomic mass is 10.0. The SMILES string of the molecule is CC(C)(C)OC(=O)CCNC1CCN(CCc2ccncc2)CC1.Cl. The highest BCUT2D eigenvalue weighted by molar-refractivity contribution is 5.85. The lowest BCUT2D eigenvalue weighted by Crippen LogP contribution is -2.43. The van der Waals surface area contributed by atoms with Crippen LogP contribution in [0.2, 0.25) is 0 Å². The summed E-state index contributed by atoms with van der Waals surface area (Å²) in [7, 11) is 0. The number of hydrogen-bond donors (Lipinski definition) is 1. The van der Waals surface area contributed by atoms with Gasteiger partial charge in [0.05, 0.1) is 6.42 Å². The molecule has 142 valence electrons. The second-order valence-electron chi connectivity index (χ2n) is 7.51. The standard InChI is InChI=1S/C19H31N3O2.ClH/c1-19(2,3)24-18(23)6-12-21-17-8-14-22(15-9-17)13-7-16-4-10-20-11-5-16;/h4-5,10-11,17,21H,6-9,12-15H2,1-3H3;1H. The van der Waals surface area contributed by atoms with Crippen LogP contribution in [0.4, 0.5) is 0 Å². The summed E-state index contributed by atoms with van der Waals surface area (Å²) >= 11 is 0. The van der Waals surface area contributed by atoms with Gasteiger partial charge in [0.25, 0.3) is 0 Å². The van der Waals surface area contributed by atoms with Crippen molar-refractivity contribution in [3.05, 3.63) is 30.1 Å². The van der Waals surface area contributed by atoms with Gasteiger partial charge in [0, 0.05) is 31.5 Å². The molecule has 1 N–H and O–H groups in total. The summed E-state index contributed by atoms with van der Waals surface area (Å²) in [5.74, 6) is -0.121. The average molecular weight is 370 g/mol. The van der Waals surface area contributed by atoms with Crippen molar-refractivity contribution >= 4 is 18.4 Å². The van der Waals surface area contributed by atoms with E-state index in [-0.39, 0.29) is 18.4 Å². The molecule has 1 aromatic heterocycles. The van der Waals surface area contributed by atoms with Crippen LogP contribution < -0.4 is 5.32 Å². The van der Waals surface area contributed by atoms with Crippen molar-refractivity contribution in [3.63, 3.8) is 0 Å². The molecule has 0 spiro atoms. The van der Waals surface area contributed by atoms with E-state index in [9.17, 15) is 4.79 Å². The van der Waals surface area contributed by atoms with E-state index in [0.717, 1.165) is 38.9 Å². The molecule has 1 aromatic rings. The lowest BCUT2D eigenvalue weighted by Gasteiger charge is -2.32. The van der Waals surface area contributed by atoms with Crippen LogP contribution in [0.3, 0.4) is 0 Å². The molecule has 0 unspecified atom stereocenters. The van der Waals surface area contributed by atoms with Crippen LogP contribution in [0.5, 0.6) is 0 Å². The molecule has 0 saturated carbocycles. The van der Waals surface area contributed by atoms with Crippen molar-refractivity contribution in [2.24, 2.45) is 0 Å². The first-order chi connectivity index (χ1) is 11.4. The summed E-state index contributed by atoms with van der Waals surface area (Å²) in [6.45, 7) is 9.76. The summed E-state index contributed by atoms with van der Waals surface area (Å²) in [4.78, 5) is 18.3. The number of esters is 1. The number of carbonyl (C=O) groups excluding carboxylic acids is 1. The maximum atomic E-state index is 11.7. The number of nitrogens with one attached hydrogen (secondary N) is 1. The van der Waals surface area contributed by atoms with Crippen molar-refractivity contribution in [2.75, 3.05) is 26.2 Å². The fraction of sp³-hybridized carbons (Fsp3) is 0.684. The van der Waals surface area contributed by atoms with Crippen molar-refractivity contribution in [1.29, 1.82) is 0 Å². The molecule has 5 nitrogen and oxygen atoms in total. The van der Waals surface area contributed by atoms with Crippen LogP contribution in [-0.4, -0.2) is 53.7 Å². The third-order valence-corrected chi connectivity index (χ3v) is 4.24. The van der Waals surface area contributed by atoms with Crippen LogP contribution >= 0.6 is 12.4 Å². The lowest BCUT2D eigenvalue weighted by molar-refractivity contribution is -0.154. The summed E-state index contributed by atoms with van der Waals surface area (Å²) < 4.78 is 5.33. The molecule has 0 aromatic carbocycles. The number of hydrogen-bond acceptors (Lipinski definition) is 5. The molecule has 0 atom stereocenters. The van der Waals surface area contributed by atoms with Crippen LogP contribution in [0.25, 0.3) is 0 Å². The van der Waals surface area contributed by atoms with Gasteiger partial charge >= 0.3 is 5.97 Å². The van der Waals surface area contributed by atoms with Crippen molar-refractivity contribution in [3.8, 4) is 0 Å². The van der Waals surface area contributed by atoms with Gasteiger partial charge in [-0.2, -0.15) is 0 Å². The number of nitrogens with zero attached hydrogens (tertiary/aromatic N) is 2. The first-order valence-corrected chi connectivity index (χ1v) is 8.99. The fourth-order valence-electron chi connectivity index (χ4n) is 2.97. The summed E-state index contributed by atoms with van der Waals surface area (Å²) in [6.07, 6.45) is 7.53. The van der Waals surface area contributed by atoms with Crippen molar-refractivity contribution in [1.82, 2.24) is 15.2 Å². The number of carbonyl (C=O) groups is 1. The molecule has 0 bridgehead atoms. The number of aromatic nitrogens is 1. The Bertz CT molecular complexity index is 497. The normalized spacial score (nSPS) is 16.3. The quantitative estimate of drug-likeness (QED) is 0.749. The van der Waals surface area contributed by atoms with Crippen LogP contribution in [0.1, 0.15) is 45.6 Å². The first kappa shape index (κ1) is 21.9. The third kappa shape index (κ3) is 9.19. The smallest absolute Gasteiger partial charge is 0.307 e. The molecule has 2 heterocycles. The number of piperidine rings is 1. The molecule has 6 heteroatoms. The molecular formula is C19H32ClN3O2. The van der Waals surface area contributed by atoms with Gasteiger partial charge in [-0.1, -0.05) is 0 Å². The Hall–Kier alpha value is -1.17. The van der Waals surface area contributed by atoms with E-state index in [1.54, 1.807) is 0 Å². The van der Waals surface area contributed by atoms with Gasteiger partial charge < -0.3 is 15.0 Å². The van der Waals surface area contributed by atoms with E-state index in [1.165, 1.54) is 5.56 Å². The van der Waals surface area contributed by atoms with Crippen LogP contribution in [0, 0.1) is 0 Å². The number of rotatable bonds is 7. The van der Waals surface area contributed by atoms with E-state index in [4.69, 9.17) is 4.74 Å². The van der Waals surface area contributed by atoms with Crippen molar-refractivity contribution < 1.29 is 9.53 Å². The molecule has 1 fully saturated rings. The van der Waals surface area contributed by atoms with E-state index >= 15 is 0 Å².